The number of nitrogens with zero attached hydrogens (tertiary/aromatic N) is 2. The number of halogens is 1. The van der Waals surface area contributed by atoms with Crippen LogP contribution in [0.1, 0.15) is 32.1 Å². The van der Waals surface area contributed by atoms with Gasteiger partial charge in [0, 0.05) is 38.3 Å². The highest BCUT2D eigenvalue weighted by molar-refractivity contribution is 14.0. The fourth-order valence-electron chi connectivity index (χ4n) is 2.73. The smallest absolute Gasteiger partial charge is 0.239 e. The fraction of sp³-hybridized carbons (Fsp3) is 0.857. The Kier molecular flexibility index (Phi) is 6.09. The van der Waals surface area contributed by atoms with Gasteiger partial charge in [0.05, 0.1) is 6.54 Å². The van der Waals surface area contributed by atoms with Crippen molar-refractivity contribution in [1.29, 1.82) is 0 Å². The number of hydrogen-bond donors (Lipinski definition) is 3. The van der Waals surface area contributed by atoms with Gasteiger partial charge in [0.2, 0.25) is 5.91 Å². The molecule has 1 heterocycles. The third kappa shape index (κ3) is 5.28. The molecular weight excluding hydrogens is 381 g/mol. The number of nitrogens with one attached hydrogen (secondary N) is 3. The lowest BCUT2D eigenvalue weighted by Crippen LogP contribution is -2.47. The molecule has 7 heteroatoms. The molecule has 3 N–H and O–H groups in total. The lowest BCUT2D eigenvalue weighted by Gasteiger charge is -2.18. The summed E-state index contributed by atoms with van der Waals surface area (Å²) in [4.78, 5) is 18.4. The van der Waals surface area contributed by atoms with Crippen LogP contribution in [0, 0.1) is 0 Å². The summed E-state index contributed by atoms with van der Waals surface area (Å²) >= 11 is 0. The van der Waals surface area contributed by atoms with Crippen molar-refractivity contribution >= 4 is 35.8 Å². The number of likely N-dealkylation sites (tertiary alicyclic amines) is 1. The summed E-state index contributed by atoms with van der Waals surface area (Å²) in [5.74, 6) is 0.792. The Labute approximate surface area is 143 Å². The van der Waals surface area contributed by atoms with Crippen molar-refractivity contribution in [2.24, 2.45) is 4.99 Å². The van der Waals surface area contributed by atoms with Crippen molar-refractivity contribution in [2.75, 3.05) is 26.7 Å². The molecule has 6 nitrogen and oxygen atoms in total. The van der Waals surface area contributed by atoms with Crippen LogP contribution in [0.4, 0.5) is 0 Å². The molecule has 0 aromatic heterocycles. The second-order valence-electron chi connectivity index (χ2n) is 6.12. The molecule has 21 heavy (non-hydrogen) atoms. The van der Waals surface area contributed by atoms with Crippen LogP contribution in [0.2, 0.25) is 0 Å². The topological polar surface area (TPSA) is 68.8 Å². The third-order valence-corrected chi connectivity index (χ3v) is 4.21. The molecule has 0 spiro atoms. The molecule has 0 radical (unpaired) electrons. The van der Waals surface area contributed by atoms with Crippen LogP contribution >= 0.6 is 24.0 Å². The van der Waals surface area contributed by atoms with Crippen molar-refractivity contribution in [3.8, 4) is 0 Å². The van der Waals surface area contributed by atoms with Gasteiger partial charge in [-0.25, -0.2) is 0 Å². The lowest BCUT2D eigenvalue weighted by molar-refractivity contribution is -0.120. The quantitative estimate of drug-likeness (QED) is 0.348. The monoisotopic (exact) mass is 407 g/mol. The summed E-state index contributed by atoms with van der Waals surface area (Å²) in [5.41, 5.74) is 0. The van der Waals surface area contributed by atoms with Gasteiger partial charge in [-0.15, -0.1) is 24.0 Å². The summed E-state index contributed by atoms with van der Waals surface area (Å²) in [5, 5.41) is 9.48. The minimum absolute atomic E-state index is 0. The predicted molar refractivity (Wildman–Crippen MR) is 94.1 cm³/mol. The number of hydrogen-bond acceptors (Lipinski definition) is 3. The number of amides is 1. The molecule has 0 aromatic carbocycles. The van der Waals surface area contributed by atoms with Crippen molar-refractivity contribution in [2.45, 2.75) is 50.2 Å². The largest absolute Gasteiger partial charge is 0.352 e. The minimum atomic E-state index is 0. The molecule has 1 atom stereocenters. The molecule has 2 saturated carbocycles. The SMILES string of the molecule is CN=C(NCC(=O)NC1CC1)NC1CCN(C2CC2)C1.I. The first kappa shape index (κ1) is 16.8. The van der Waals surface area contributed by atoms with Crippen molar-refractivity contribution in [3.05, 3.63) is 0 Å². The molecule has 1 saturated heterocycles. The molecule has 0 aromatic rings. The van der Waals surface area contributed by atoms with Gasteiger partial charge in [0.1, 0.15) is 0 Å². The van der Waals surface area contributed by atoms with Gasteiger partial charge >= 0.3 is 0 Å². The van der Waals surface area contributed by atoms with E-state index in [1.807, 2.05) is 0 Å². The maximum atomic E-state index is 11.6. The normalized spacial score (nSPS) is 26.1. The number of carbonyl (C=O) groups excluding carboxylic acids is 1. The van der Waals surface area contributed by atoms with Gasteiger partial charge in [-0.3, -0.25) is 14.7 Å². The summed E-state index contributed by atoms with van der Waals surface area (Å²) in [7, 11) is 1.75. The van der Waals surface area contributed by atoms with E-state index in [0.29, 0.717) is 18.6 Å². The summed E-state index contributed by atoms with van der Waals surface area (Å²) in [6, 6.07) is 1.70. The van der Waals surface area contributed by atoms with Gasteiger partial charge < -0.3 is 16.0 Å². The molecule has 1 amide bonds. The Morgan fingerprint density at radius 3 is 2.52 bits per heavy atom. The van der Waals surface area contributed by atoms with Crippen molar-refractivity contribution < 1.29 is 4.79 Å². The molecule has 3 aliphatic rings. The van der Waals surface area contributed by atoms with E-state index in [0.717, 1.165) is 37.8 Å². The highest BCUT2D eigenvalue weighted by Crippen LogP contribution is 2.29. The molecule has 0 bridgehead atoms. The second-order valence-corrected chi connectivity index (χ2v) is 6.12. The minimum Gasteiger partial charge on any atom is -0.352 e. The molecule has 2 aliphatic carbocycles. The second kappa shape index (κ2) is 7.62. The van der Waals surface area contributed by atoms with Gasteiger partial charge in [0.25, 0.3) is 0 Å². The van der Waals surface area contributed by atoms with E-state index in [2.05, 4.69) is 25.8 Å². The van der Waals surface area contributed by atoms with Crippen molar-refractivity contribution in [3.63, 3.8) is 0 Å². The van der Waals surface area contributed by atoms with Gasteiger partial charge in [0.15, 0.2) is 5.96 Å². The van der Waals surface area contributed by atoms with Crippen LogP contribution in [-0.4, -0.2) is 61.6 Å². The Hall–Kier alpha value is -0.570. The van der Waals surface area contributed by atoms with Crippen LogP contribution in [0.25, 0.3) is 0 Å². The first-order chi connectivity index (χ1) is 9.74. The molecule has 3 rings (SSSR count). The molecular formula is C14H26IN5O. The molecule has 1 aliphatic heterocycles. The maximum absolute atomic E-state index is 11.6. The summed E-state index contributed by atoms with van der Waals surface area (Å²) in [6.07, 6.45) is 6.13. The zero-order chi connectivity index (χ0) is 13.9. The first-order valence-corrected chi connectivity index (χ1v) is 7.75. The third-order valence-electron chi connectivity index (χ3n) is 4.21. The van der Waals surface area contributed by atoms with E-state index in [1.165, 1.54) is 19.4 Å². The molecule has 3 fully saturated rings. The number of guanidine groups is 1. The van der Waals surface area contributed by atoms with Crippen molar-refractivity contribution in [1.82, 2.24) is 20.9 Å². The van der Waals surface area contributed by atoms with Gasteiger partial charge in [-0.1, -0.05) is 0 Å². The number of rotatable bonds is 5. The van der Waals surface area contributed by atoms with Crippen LogP contribution in [0.3, 0.4) is 0 Å². The van der Waals surface area contributed by atoms with Crippen LogP contribution in [-0.2, 0) is 4.79 Å². The van der Waals surface area contributed by atoms with E-state index < -0.39 is 0 Å². The standard InChI is InChI=1S/C14H25N5O.HI/c1-15-14(16-8-13(20)17-10-2-3-10)18-11-6-7-19(9-11)12-4-5-12;/h10-12H,2-9H2,1H3,(H,17,20)(H2,15,16,18);1H. The maximum Gasteiger partial charge on any atom is 0.239 e. The van der Waals surface area contributed by atoms with E-state index in [9.17, 15) is 4.79 Å². The van der Waals surface area contributed by atoms with Gasteiger partial charge in [-0.2, -0.15) is 0 Å². The Bertz CT molecular complexity index is 395. The van der Waals surface area contributed by atoms with E-state index in [1.54, 1.807) is 7.05 Å². The van der Waals surface area contributed by atoms with Gasteiger partial charge in [-0.05, 0) is 32.1 Å². The number of carbonyl (C=O) groups is 1. The van der Waals surface area contributed by atoms with Crippen LogP contribution < -0.4 is 16.0 Å². The van der Waals surface area contributed by atoms with Crippen LogP contribution in [0.15, 0.2) is 4.99 Å². The molecule has 120 valence electrons. The highest BCUT2D eigenvalue weighted by Gasteiger charge is 2.34. The van der Waals surface area contributed by atoms with Crippen LogP contribution in [0.5, 0.6) is 0 Å². The van der Waals surface area contributed by atoms with E-state index >= 15 is 0 Å². The fourth-order valence-corrected chi connectivity index (χ4v) is 2.73. The van der Waals surface area contributed by atoms with E-state index in [4.69, 9.17) is 0 Å². The number of aliphatic imine (C=N–C) groups is 1. The average Bonchev–Trinajstić information content (AvgIpc) is 3.36. The average molecular weight is 407 g/mol. The summed E-state index contributed by atoms with van der Waals surface area (Å²) < 4.78 is 0. The lowest BCUT2D eigenvalue weighted by atomic mass is 10.3. The Morgan fingerprint density at radius 1 is 1.14 bits per heavy atom. The molecule has 1 unspecified atom stereocenters. The summed E-state index contributed by atoms with van der Waals surface area (Å²) in [6.45, 7) is 2.58. The zero-order valence-electron chi connectivity index (χ0n) is 12.6. The zero-order valence-corrected chi connectivity index (χ0v) is 14.9. The highest BCUT2D eigenvalue weighted by atomic mass is 127. The first-order valence-electron chi connectivity index (χ1n) is 7.75. The Morgan fingerprint density at radius 2 is 1.90 bits per heavy atom. The Balaban J connectivity index is 0.00000161. The van der Waals surface area contributed by atoms with E-state index in [-0.39, 0.29) is 29.9 Å². The predicted octanol–water partition coefficient (Wildman–Crippen LogP) is 0.285.